The molecule has 1 amide bonds. The number of fused-ring (bicyclic) bond motifs is 1. The predicted octanol–water partition coefficient (Wildman–Crippen LogP) is 3.91. The summed E-state index contributed by atoms with van der Waals surface area (Å²) in [5.41, 5.74) is 3.36. The molecule has 1 fully saturated rings. The number of carbonyl (C=O) groups excluding carboxylic acids is 1. The Hall–Kier alpha value is -3.54. The van der Waals surface area contributed by atoms with Crippen molar-refractivity contribution in [1.82, 2.24) is 24.8 Å². The third kappa shape index (κ3) is 3.38. The molecule has 0 spiro atoms. The Balaban J connectivity index is 1.40. The summed E-state index contributed by atoms with van der Waals surface area (Å²) < 4.78 is 1.98. The first-order valence-electron chi connectivity index (χ1n) is 9.79. The predicted molar refractivity (Wildman–Crippen MR) is 111 cm³/mol. The molecule has 3 heterocycles. The Kier molecular flexibility index (Phi) is 4.31. The van der Waals surface area contributed by atoms with Crippen molar-refractivity contribution < 1.29 is 4.79 Å². The Labute approximate surface area is 168 Å². The van der Waals surface area contributed by atoms with Crippen LogP contribution in [0.2, 0.25) is 0 Å². The van der Waals surface area contributed by atoms with Crippen LogP contribution >= 0.6 is 0 Å². The maximum atomic E-state index is 12.9. The van der Waals surface area contributed by atoms with Crippen LogP contribution in [0, 0.1) is 5.92 Å². The molecule has 6 nitrogen and oxygen atoms in total. The number of imidazole rings is 1. The van der Waals surface area contributed by atoms with E-state index in [4.69, 9.17) is 0 Å². The molecule has 0 radical (unpaired) electrons. The summed E-state index contributed by atoms with van der Waals surface area (Å²) in [4.78, 5) is 26.2. The summed E-state index contributed by atoms with van der Waals surface area (Å²) in [5, 5.41) is 4.18. The van der Waals surface area contributed by atoms with Crippen LogP contribution < -0.4 is 5.32 Å². The largest absolute Gasteiger partial charge is 0.342 e. The fourth-order valence-electron chi connectivity index (χ4n) is 3.74. The molecule has 1 unspecified atom stereocenters. The average Bonchev–Trinajstić information content (AvgIpc) is 3.52. The van der Waals surface area contributed by atoms with Gasteiger partial charge in [0.25, 0.3) is 5.91 Å². The van der Waals surface area contributed by atoms with Crippen LogP contribution in [-0.4, -0.2) is 25.4 Å². The maximum Gasteiger partial charge on any atom is 0.251 e. The second-order valence-corrected chi connectivity index (χ2v) is 7.49. The number of hydrogen-bond acceptors (Lipinski definition) is 4. The second kappa shape index (κ2) is 7.13. The highest BCUT2D eigenvalue weighted by Gasteiger charge is 2.35. The van der Waals surface area contributed by atoms with E-state index in [-0.39, 0.29) is 11.9 Å². The monoisotopic (exact) mass is 383 g/mol. The Morgan fingerprint density at radius 2 is 1.86 bits per heavy atom. The molecule has 4 aromatic rings. The Morgan fingerprint density at radius 3 is 2.59 bits per heavy atom. The van der Waals surface area contributed by atoms with Crippen molar-refractivity contribution >= 4 is 16.8 Å². The number of rotatable bonds is 5. The van der Waals surface area contributed by atoms with E-state index >= 15 is 0 Å². The quantitative estimate of drug-likeness (QED) is 0.567. The van der Waals surface area contributed by atoms with Gasteiger partial charge in [0.05, 0.1) is 17.3 Å². The SMILES string of the molecule is Cn1ccnc1C(NC(=O)c1ccc(-c2nccc3ncccc23)cc1)C1CC1. The fourth-order valence-corrected chi connectivity index (χ4v) is 3.74. The van der Waals surface area contributed by atoms with Gasteiger partial charge in [-0.3, -0.25) is 14.8 Å². The number of nitrogens with zero attached hydrogens (tertiary/aromatic N) is 4. The molecule has 5 rings (SSSR count). The van der Waals surface area contributed by atoms with Gasteiger partial charge in [-0.1, -0.05) is 12.1 Å². The molecule has 1 aliphatic carbocycles. The van der Waals surface area contributed by atoms with Crippen LogP contribution in [0.5, 0.6) is 0 Å². The molecule has 1 aromatic carbocycles. The molecule has 1 aliphatic rings. The first kappa shape index (κ1) is 17.6. The number of aromatic nitrogens is 4. The zero-order chi connectivity index (χ0) is 19.8. The van der Waals surface area contributed by atoms with Crippen molar-refractivity contribution in [3.05, 3.63) is 78.6 Å². The molecule has 0 aliphatic heterocycles. The van der Waals surface area contributed by atoms with E-state index in [0.717, 1.165) is 40.8 Å². The van der Waals surface area contributed by atoms with Crippen molar-refractivity contribution in [3.63, 3.8) is 0 Å². The number of benzene rings is 1. The van der Waals surface area contributed by atoms with Gasteiger partial charge in [-0.2, -0.15) is 0 Å². The first-order valence-corrected chi connectivity index (χ1v) is 9.79. The topological polar surface area (TPSA) is 72.7 Å². The number of aryl methyl sites for hydroxylation is 1. The van der Waals surface area contributed by atoms with Crippen molar-refractivity contribution in [3.8, 4) is 11.3 Å². The standard InChI is InChI=1S/C23H21N5O/c1-28-14-13-26-22(28)21(16-4-5-16)27-23(29)17-8-6-15(7-9-17)20-18-3-2-11-24-19(18)10-12-25-20/h2-3,6-14,16,21H,4-5H2,1H3,(H,27,29). The van der Waals surface area contributed by atoms with E-state index in [2.05, 4.69) is 20.3 Å². The smallest absolute Gasteiger partial charge is 0.251 e. The van der Waals surface area contributed by atoms with Gasteiger partial charge in [-0.05, 0) is 49.1 Å². The van der Waals surface area contributed by atoms with E-state index in [1.165, 1.54) is 0 Å². The van der Waals surface area contributed by atoms with Crippen LogP contribution in [0.25, 0.3) is 22.2 Å². The number of pyridine rings is 2. The van der Waals surface area contributed by atoms with Crippen LogP contribution in [-0.2, 0) is 7.05 Å². The van der Waals surface area contributed by atoms with Gasteiger partial charge < -0.3 is 9.88 Å². The lowest BCUT2D eigenvalue weighted by Gasteiger charge is -2.18. The number of amides is 1. The minimum atomic E-state index is -0.0796. The van der Waals surface area contributed by atoms with Gasteiger partial charge in [-0.25, -0.2) is 4.98 Å². The van der Waals surface area contributed by atoms with Gasteiger partial charge in [0.2, 0.25) is 0 Å². The molecular formula is C23H21N5O. The summed E-state index contributed by atoms with van der Waals surface area (Å²) >= 11 is 0. The lowest BCUT2D eigenvalue weighted by Crippen LogP contribution is -2.31. The molecule has 3 aromatic heterocycles. The summed E-state index contributed by atoms with van der Waals surface area (Å²) in [7, 11) is 1.96. The number of carbonyl (C=O) groups is 1. The lowest BCUT2D eigenvalue weighted by atomic mass is 10.0. The molecule has 29 heavy (non-hydrogen) atoms. The van der Waals surface area contributed by atoms with E-state index in [0.29, 0.717) is 11.5 Å². The lowest BCUT2D eigenvalue weighted by molar-refractivity contribution is 0.0929. The van der Waals surface area contributed by atoms with Crippen molar-refractivity contribution in [1.29, 1.82) is 0 Å². The highest BCUT2D eigenvalue weighted by molar-refractivity contribution is 5.96. The van der Waals surface area contributed by atoms with Gasteiger partial charge in [0, 0.05) is 48.3 Å². The van der Waals surface area contributed by atoms with Gasteiger partial charge in [-0.15, -0.1) is 0 Å². The van der Waals surface area contributed by atoms with Crippen LogP contribution in [0.3, 0.4) is 0 Å². The molecule has 1 atom stereocenters. The minimum absolute atomic E-state index is 0.0482. The molecule has 1 saturated carbocycles. The van der Waals surface area contributed by atoms with Crippen LogP contribution in [0.4, 0.5) is 0 Å². The van der Waals surface area contributed by atoms with E-state index in [9.17, 15) is 4.79 Å². The van der Waals surface area contributed by atoms with Crippen LogP contribution in [0.15, 0.2) is 67.3 Å². The second-order valence-electron chi connectivity index (χ2n) is 7.49. The van der Waals surface area contributed by atoms with E-state index < -0.39 is 0 Å². The first-order chi connectivity index (χ1) is 14.2. The number of nitrogens with one attached hydrogen (secondary N) is 1. The van der Waals surface area contributed by atoms with E-state index in [1.54, 1.807) is 18.6 Å². The zero-order valence-electron chi connectivity index (χ0n) is 16.1. The third-order valence-corrected chi connectivity index (χ3v) is 5.47. The minimum Gasteiger partial charge on any atom is -0.342 e. The fraction of sp³-hybridized carbons (Fsp3) is 0.217. The molecule has 1 N–H and O–H groups in total. The van der Waals surface area contributed by atoms with Crippen molar-refractivity contribution in [2.45, 2.75) is 18.9 Å². The summed E-state index contributed by atoms with van der Waals surface area (Å²) in [6.45, 7) is 0. The van der Waals surface area contributed by atoms with Gasteiger partial charge >= 0.3 is 0 Å². The van der Waals surface area contributed by atoms with E-state index in [1.807, 2.05) is 60.3 Å². The number of hydrogen-bond donors (Lipinski definition) is 1. The third-order valence-electron chi connectivity index (χ3n) is 5.47. The maximum absolute atomic E-state index is 12.9. The molecule has 0 bridgehead atoms. The zero-order valence-corrected chi connectivity index (χ0v) is 16.1. The van der Waals surface area contributed by atoms with Crippen molar-refractivity contribution in [2.75, 3.05) is 0 Å². The normalized spacial score (nSPS) is 14.7. The molecule has 0 saturated heterocycles. The van der Waals surface area contributed by atoms with Crippen LogP contribution in [0.1, 0.15) is 35.1 Å². The van der Waals surface area contributed by atoms with Gasteiger partial charge in [0.1, 0.15) is 5.82 Å². The Bertz CT molecular complexity index is 1170. The molecule has 144 valence electrons. The molecule has 6 heteroatoms. The average molecular weight is 383 g/mol. The highest BCUT2D eigenvalue weighted by atomic mass is 16.1. The highest BCUT2D eigenvalue weighted by Crippen LogP contribution is 2.40. The Morgan fingerprint density at radius 1 is 1.03 bits per heavy atom. The summed E-state index contributed by atoms with van der Waals surface area (Å²) in [6, 6.07) is 13.4. The van der Waals surface area contributed by atoms with Crippen molar-refractivity contribution in [2.24, 2.45) is 13.0 Å². The summed E-state index contributed by atoms with van der Waals surface area (Å²) in [5.74, 6) is 1.29. The summed E-state index contributed by atoms with van der Waals surface area (Å²) in [6.07, 6.45) is 9.47. The molecular weight excluding hydrogens is 362 g/mol. The van der Waals surface area contributed by atoms with Gasteiger partial charge in [0.15, 0.2) is 0 Å².